The van der Waals surface area contributed by atoms with Gasteiger partial charge in [-0.05, 0) is 32.4 Å². The fraction of sp³-hybridized carbons (Fsp3) is 0.818. The monoisotopic (exact) mass is 385 g/mol. The highest BCUT2D eigenvalue weighted by Gasteiger charge is 1.97. The molecule has 160 valence electrons. The Balaban J connectivity index is 0. The molecule has 0 saturated carbocycles. The van der Waals surface area contributed by atoms with Crippen molar-refractivity contribution in [1.82, 2.24) is 5.32 Å². The third-order valence-electron chi connectivity index (χ3n) is 4.27. The van der Waals surface area contributed by atoms with Crippen LogP contribution in [0.1, 0.15) is 104 Å². The number of aliphatic carboxylic acids is 2. The van der Waals surface area contributed by atoms with Gasteiger partial charge in [0.2, 0.25) is 0 Å². The van der Waals surface area contributed by atoms with Gasteiger partial charge in [-0.1, -0.05) is 84.1 Å². The summed E-state index contributed by atoms with van der Waals surface area (Å²) >= 11 is 0. The lowest BCUT2D eigenvalue weighted by atomic mass is 10.0. The van der Waals surface area contributed by atoms with E-state index in [0.29, 0.717) is 6.42 Å². The normalized spacial score (nSPS) is 10.6. The standard InChI is InChI=1S/C18H32O4.C4H11N/c19-17(20)15-13-11-9-7-5-3-1-2-4-6-8-10-12-14-16-18(21)22;1-3-5-4-2/h13,15H,1-12,14,16H2,(H,19,20)(H,21,22);5H,3-4H2,1-2H3. The predicted octanol–water partition coefficient (Wildman–Crippen LogP) is 5.79. The number of nitrogens with one attached hydrogen (secondary N) is 1. The van der Waals surface area contributed by atoms with Gasteiger partial charge in [0.25, 0.3) is 0 Å². The van der Waals surface area contributed by atoms with Gasteiger partial charge in [0.15, 0.2) is 0 Å². The number of allylic oxidation sites excluding steroid dienone is 1. The second-order valence-corrected chi connectivity index (χ2v) is 6.87. The summed E-state index contributed by atoms with van der Waals surface area (Å²) in [5.41, 5.74) is 0. The van der Waals surface area contributed by atoms with E-state index in [4.69, 9.17) is 10.2 Å². The molecule has 0 rings (SSSR count). The lowest BCUT2D eigenvalue weighted by Crippen LogP contribution is -2.09. The van der Waals surface area contributed by atoms with Crippen molar-refractivity contribution in [2.75, 3.05) is 13.1 Å². The van der Waals surface area contributed by atoms with Gasteiger partial charge in [0.1, 0.15) is 0 Å². The van der Waals surface area contributed by atoms with Crippen LogP contribution in [0.4, 0.5) is 0 Å². The molecular weight excluding hydrogens is 342 g/mol. The average Bonchev–Trinajstić information content (AvgIpc) is 2.62. The van der Waals surface area contributed by atoms with Crippen LogP contribution in [-0.2, 0) is 9.59 Å². The van der Waals surface area contributed by atoms with Crippen molar-refractivity contribution in [3.8, 4) is 0 Å². The van der Waals surface area contributed by atoms with E-state index in [9.17, 15) is 9.59 Å². The Labute approximate surface area is 166 Å². The zero-order chi connectivity index (χ0) is 20.6. The van der Waals surface area contributed by atoms with Gasteiger partial charge < -0.3 is 15.5 Å². The van der Waals surface area contributed by atoms with Gasteiger partial charge in [-0.2, -0.15) is 0 Å². The molecular formula is C22H43NO4. The minimum atomic E-state index is -0.859. The quantitative estimate of drug-likeness (QED) is 0.205. The van der Waals surface area contributed by atoms with Gasteiger partial charge in [-0.25, -0.2) is 4.79 Å². The SMILES string of the molecule is CCNCC.O=C(O)C=CCCCCCCCCCCCCCCC(=O)O. The smallest absolute Gasteiger partial charge is 0.327 e. The third-order valence-corrected chi connectivity index (χ3v) is 4.27. The van der Waals surface area contributed by atoms with E-state index in [1.807, 2.05) is 0 Å². The molecule has 0 spiro atoms. The third kappa shape index (κ3) is 32.7. The van der Waals surface area contributed by atoms with Gasteiger partial charge in [-0.3, -0.25) is 4.79 Å². The van der Waals surface area contributed by atoms with Crippen molar-refractivity contribution in [2.45, 2.75) is 104 Å². The molecule has 0 saturated heterocycles. The molecule has 0 radical (unpaired) electrons. The van der Waals surface area contributed by atoms with Crippen LogP contribution in [0.3, 0.4) is 0 Å². The number of unbranched alkanes of at least 4 members (excludes halogenated alkanes) is 12. The molecule has 27 heavy (non-hydrogen) atoms. The van der Waals surface area contributed by atoms with Crippen LogP contribution in [0.5, 0.6) is 0 Å². The number of carbonyl (C=O) groups is 2. The number of rotatable bonds is 18. The van der Waals surface area contributed by atoms with Gasteiger partial charge in [0, 0.05) is 12.5 Å². The van der Waals surface area contributed by atoms with Crippen LogP contribution in [0.15, 0.2) is 12.2 Å². The fourth-order valence-electron chi connectivity index (χ4n) is 2.74. The molecule has 5 heteroatoms. The number of hydrogen-bond donors (Lipinski definition) is 3. The highest BCUT2D eigenvalue weighted by Crippen LogP contribution is 2.13. The number of carboxylic acids is 2. The van der Waals surface area contributed by atoms with Gasteiger partial charge in [0.05, 0.1) is 0 Å². The molecule has 5 nitrogen and oxygen atoms in total. The van der Waals surface area contributed by atoms with Crippen molar-refractivity contribution < 1.29 is 19.8 Å². The summed E-state index contributed by atoms with van der Waals surface area (Å²) in [6.45, 7) is 6.39. The van der Waals surface area contributed by atoms with Crippen LogP contribution < -0.4 is 5.32 Å². The van der Waals surface area contributed by atoms with Crippen molar-refractivity contribution in [1.29, 1.82) is 0 Å². The maximum atomic E-state index is 10.3. The first kappa shape index (κ1) is 27.9. The molecule has 0 aliphatic heterocycles. The molecule has 0 bridgehead atoms. The Morgan fingerprint density at radius 3 is 1.44 bits per heavy atom. The highest BCUT2D eigenvalue weighted by molar-refractivity contribution is 5.79. The summed E-state index contributed by atoms with van der Waals surface area (Å²) in [4.78, 5) is 20.6. The largest absolute Gasteiger partial charge is 0.481 e. The van der Waals surface area contributed by atoms with Crippen LogP contribution in [0, 0.1) is 0 Å². The maximum absolute atomic E-state index is 10.3. The summed E-state index contributed by atoms with van der Waals surface area (Å²) in [6.07, 6.45) is 18.4. The van der Waals surface area contributed by atoms with E-state index in [1.165, 1.54) is 57.4 Å². The second-order valence-electron chi connectivity index (χ2n) is 6.87. The first-order valence-corrected chi connectivity index (χ1v) is 10.9. The molecule has 0 aliphatic carbocycles. The molecule has 0 unspecified atom stereocenters. The molecule has 0 aromatic rings. The molecule has 0 amide bonds. The Morgan fingerprint density at radius 2 is 1.11 bits per heavy atom. The zero-order valence-electron chi connectivity index (χ0n) is 17.7. The van der Waals surface area contributed by atoms with Gasteiger partial charge >= 0.3 is 11.9 Å². The van der Waals surface area contributed by atoms with Crippen molar-refractivity contribution >= 4 is 11.9 Å². The van der Waals surface area contributed by atoms with Crippen molar-refractivity contribution in [2.24, 2.45) is 0 Å². The molecule has 3 N–H and O–H groups in total. The Hall–Kier alpha value is -1.36. The van der Waals surface area contributed by atoms with E-state index in [2.05, 4.69) is 19.2 Å². The molecule has 0 atom stereocenters. The van der Waals surface area contributed by atoms with E-state index < -0.39 is 11.9 Å². The lowest BCUT2D eigenvalue weighted by Gasteiger charge is -2.02. The maximum Gasteiger partial charge on any atom is 0.327 e. The van der Waals surface area contributed by atoms with E-state index in [0.717, 1.165) is 45.2 Å². The topological polar surface area (TPSA) is 86.6 Å². The zero-order valence-corrected chi connectivity index (χ0v) is 17.7. The minimum absolute atomic E-state index is 0.312. The lowest BCUT2D eigenvalue weighted by molar-refractivity contribution is -0.137. The van der Waals surface area contributed by atoms with Gasteiger partial charge in [-0.15, -0.1) is 0 Å². The first-order valence-electron chi connectivity index (χ1n) is 10.9. The summed E-state index contributed by atoms with van der Waals surface area (Å²) < 4.78 is 0. The number of hydrogen-bond acceptors (Lipinski definition) is 3. The van der Waals surface area contributed by atoms with Crippen molar-refractivity contribution in [3.63, 3.8) is 0 Å². The summed E-state index contributed by atoms with van der Waals surface area (Å²) in [7, 11) is 0. The predicted molar refractivity (Wildman–Crippen MR) is 113 cm³/mol. The van der Waals surface area contributed by atoms with Crippen LogP contribution >= 0.6 is 0 Å². The first-order chi connectivity index (χ1) is 13.0. The second kappa shape index (κ2) is 24.6. The van der Waals surface area contributed by atoms with Crippen LogP contribution in [-0.4, -0.2) is 35.2 Å². The number of carboxylic acid groups (broad SMARTS) is 2. The minimum Gasteiger partial charge on any atom is -0.481 e. The van der Waals surface area contributed by atoms with Crippen LogP contribution in [0.2, 0.25) is 0 Å². The van der Waals surface area contributed by atoms with Crippen LogP contribution in [0.25, 0.3) is 0 Å². The molecule has 0 heterocycles. The molecule has 0 aromatic carbocycles. The molecule has 0 aliphatic rings. The molecule has 0 aromatic heterocycles. The van der Waals surface area contributed by atoms with E-state index >= 15 is 0 Å². The summed E-state index contributed by atoms with van der Waals surface area (Å²) in [6, 6.07) is 0. The summed E-state index contributed by atoms with van der Waals surface area (Å²) in [5.74, 6) is -1.54. The Bertz CT molecular complexity index is 354. The Kier molecular flexibility index (Phi) is 25.4. The van der Waals surface area contributed by atoms with E-state index in [-0.39, 0.29) is 0 Å². The molecule has 0 fully saturated rings. The Morgan fingerprint density at radius 1 is 0.704 bits per heavy atom. The van der Waals surface area contributed by atoms with E-state index in [1.54, 1.807) is 6.08 Å². The fourth-order valence-corrected chi connectivity index (χ4v) is 2.74. The average molecular weight is 386 g/mol. The highest BCUT2D eigenvalue weighted by atomic mass is 16.4. The van der Waals surface area contributed by atoms with Crippen molar-refractivity contribution in [3.05, 3.63) is 12.2 Å². The summed E-state index contributed by atoms with van der Waals surface area (Å²) in [5, 5.41) is 20.1.